The Balaban J connectivity index is 1.70. The van der Waals surface area contributed by atoms with Crippen molar-refractivity contribution in [2.24, 2.45) is 0 Å². The van der Waals surface area contributed by atoms with Crippen molar-refractivity contribution in [2.75, 3.05) is 39.5 Å². The fourth-order valence-electron chi connectivity index (χ4n) is 4.45. The number of carbonyl (C=O) groups is 4. The quantitative estimate of drug-likeness (QED) is 0.267. The Morgan fingerprint density at radius 3 is 1.09 bits per heavy atom. The number of hydrogen-bond acceptors (Lipinski definition) is 8. The van der Waals surface area contributed by atoms with Crippen LogP contribution >= 0.6 is 0 Å². The second kappa shape index (κ2) is 12.7. The monoisotopic (exact) mass is 460 g/mol. The molecule has 2 rings (SSSR count). The smallest absolute Gasteiger partial charge is 0.320 e. The summed E-state index contributed by atoms with van der Waals surface area (Å²) in [4.78, 5) is 48.6. The van der Waals surface area contributed by atoms with Crippen molar-refractivity contribution >= 4 is 23.9 Å². The summed E-state index contributed by atoms with van der Waals surface area (Å²) in [5.74, 6) is -4.18. The van der Waals surface area contributed by atoms with Crippen molar-refractivity contribution in [1.82, 2.24) is 9.80 Å². The molecule has 0 bridgehead atoms. The van der Waals surface area contributed by atoms with E-state index in [0.29, 0.717) is 38.5 Å². The lowest BCUT2D eigenvalue weighted by Crippen LogP contribution is -2.54. The lowest BCUT2D eigenvalue weighted by atomic mass is 9.95. The Kier molecular flexibility index (Phi) is 10.3. The first-order chi connectivity index (χ1) is 15.2. The van der Waals surface area contributed by atoms with E-state index in [1.54, 1.807) is 0 Å². The fourth-order valence-corrected chi connectivity index (χ4v) is 4.45. The van der Waals surface area contributed by atoms with E-state index in [2.05, 4.69) is 0 Å². The summed E-state index contributed by atoms with van der Waals surface area (Å²) in [6, 6.07) is -3.39. The average molecular weight is 460 g/mol. The van der Waals surface area contributed by atoms with Crippen molar-refractivity contribution in [2.45, 2.75) is 62.7 Å². The van der Waals surface area contributed by atoms with E-state index in [9.17, 15) is 39.6 Å². The van der Waals surface area contributed by atoms with Gasteiger partial charge in [0.1, 0.15) is 24.2 Å². The second-order valence-corrected chi connectivity index (χ2v) is 7.98. The van der Waals surface area contributed by atoms with Crippen molar-refractivity contribution in [3.05, 3.63) is 0 Å². The second-order valence-electron chi connectivity index (χ2n) is 7.98. The van der Waals surface area contributed by atoms with Gasteiger partial charge >= 0.3 is 23.9 Å². The van der Waals surface area contributed by atoms with Gasteiger partial charge in [-0.3, -0.25) is 29.0 Å². The van der Waals surface area contributed by atoms with E-state index in [0.717, 1.165) is 0 Å². The van der Waals surface area contributed by atoms with Crippen molar-refractivity contribution in [1.29, 1.82) is 0 Å². The molecule has 32 heavy (non-hydrogen) atoms. The van der Waals surface area contributed by atoms with Gasteiger partial charge in [0, 0.05) is 13.1 Å². The highest BCUT2D eigenvalue weighted by molar-refractivity contribution is 5.78. The van der Waals surface area contributed by atoms with Crippen molar-refractivity contribution < 1.29 is 49.1 Å². The molecular formula is C20H32N2O10. The highest BCUT2D eigenvalue weighted by atomic mass is 16.5. The molecular weight excluding hydrogens is 428 g/mol. The van der Waals surface area contributed by atoms with Crippen LogP contribution in [-0.4, -0.2) is 118 Å². The summed E-state index contributed by atoms with van der Waals surface area (Å²) >= 11 is 0. The van der Waals surface area contributed by atoms with Gasteiger partial charge in [-0.15, -0.1) is 0 Å². The van der Waals surface area contributed by atoms with Crippen LogP contribution in [0.3, 0.4) is 0 Å². The maximum atomic E-state index is 11.4. The molecule has 12 nitrogen and oxygen atoms in total. The van der Waals surface area contributed by atoms with E-state index >= 15 is 0 Å². The van der Waals surface area contributed by atoms with Gasteiger partial charge in [-0.25, -0.2) is 0 Å². The summed E-state index contributed by atoms with van der Waals surface area (Å²) in [5, 5.41) is 37.4. The number of carboxylic acids is 4. The third-order valence-electron chi connectivity index (χ3n) is 6.01. The van der Waals surface area contributed by atoms with Crippen LogP contribution in [0.5, 0.6) is 0 Å². The fraction of sp³-hybridized carbons (Fsp3) is 0.800. The van der Waals surface area contributed by atoms with Crippen molar-refractivity contribution in [3.8, 4) is 0 Å². The Bertz CT molecular complexity index is 573. The van der Waals surface area contributed by atoms with Gasteiger partial charge in [-0.1, -0.05) is 0 Å². The minimum absolute atomic E-state index is 0.144. The van der Waals surface area contributed by atoms with Gasteiger partial charge in [0.15, 0.2) is 0 Å². The maximum Gasteiger partial charge on any atom is 0.320 e. The van der Waals surface area contributed by atoms with Crippen molar-refractivity contribution in [3.63, 3.8) is 0 Å². The van der Waals surface area contributed by atoms with Crippen LogP contribution in [0.1, 0.15) is 38.5 Å². The number of aliphatic carboxylic acids is 4. The van der Waals surface area contributed by atoms with Gasteiger partial charge < -0.3 is 29.9 Å². The molecule has 2 saturated heterocycles. The SMILES string of the molecule is O=C(O)[C@H]1CCC[C@@H](C(=O)O)N1CCOCCOCCN1[C@@H](C(=O)O)CCC[C@H]1C(=O)O. The van der Waals surface area contributed by atoms with E-state index in [1.807, 2.05) is 0 Å². The summed E-state index contributed by atoms with van der Waals surface area (Å²) in [6.45, 7) is 1.00. The number of piperidine rings is 2. The molecule has 0 aromatic carbocycles. The van der Waals surface area contributed by atoms with E-state index in [4.69, 9.17) is 9.47 Å². The topological polar surface area (TPSA) is 174 Å². The molecule has 182 valence electrons. The van der Waals surface area contributed by atoms with Crippen LogP contribution in [-0.2, 0) is 28.7 Å². The molecule has 4 atom stereocenters. The van der Waals surface area contributed by atoms with Crippen LogP contribution in [0, 0.1) is 0 Å². The number of hydrogen-bond donors (Lipinski definition) is 4. The molecule has 0 aromatic rings. The molecule has 0 radical (unpaired) electrons. The zero-order valence-electron chi connectivity index (χ0n) is 17.9. The first kappa shape index (κ1) is 26.0. The van der Waals surface area contributed by atoms with Crippen LogP contribution in [0.25, 0.3) is 0 Å². The average Bonchev–Trinajstić information content (AvgIpc) is 2.74. The van der Waals surface area contributed by atoms with Crippen LogP contribution in [0.15, 0.2) is 0 Å². The first-order valence-corrected chi connectivity index (χ1v) is 10.8. The third kappa shape index (κ3) is 7.12. The molecule has 0 unspecified atom stereocenters. The highest BCUT2D eigenvalue weighted by Crippen LogP contribution is 2.24. The Morgan fingerprint density at radius 2 is 0.844 bits per heavy atom. The summed E-state index contributed by atoms with van der Waals surface area (Å²) in [6.07, 6.45) is 2.67. The number of nitrogens with zero attached hydrogens (tertiary/aromatic N) is 2. The number of ether oxygens (including phenoxy) is 2. The first-order valence-electron chi connectivity index (χ1n) is 10.8. The van der Waals surface area contributed by atoms with Gasteiger partial charge in [0.05, 0.1) is 26.4 Å². The highest BCUT2D eigenvalue weighted by Gasteiger charge is 2.39. The number of likely N-dealkylation sites (tertiary alicyclic amines) is 2. The summed E-state index contributed by atoms with van der Waals surface area (Å²) in [5.41, 5.74) is 0. The molecule has 2 fully saturated rings. The predicted molar refractivity (Wildman–Crippen MR) is 108 cm³/mol. The Morgan fingerprint density at radius 1 is 0.562 bits per heavy atom. The number of rotatable bonds is 13. The minimum atomic E-state index is -1.05. The molecule has 0 spiro atoms. The van der Waals surface area contributed by atoms with Gasteiger partial charge in [-0.05, 0) is 38.5 Å². The standard InChI is InChI=1S/C20H32N2O10/c23-17(24)13-3-1-4-14(18(25)26)21(13)7-9-31-11-12-32-10-8-22-15(19(27)28)5-2-6-16(22)20(29)30/h13-16H,1-12H2,(H,23,24)(H,25,26)(H,27,28)(H,29,30)/t13-,14+,15-,16+. The zero-order chi connectivity index (χ0) is 23.7. The Labute approximate surface area is 185 Å². The maximum absolute atomic E-state index is 11.4. The summed E-state index contributed by atoms with van der Waals surface area (Å²) < 4.78 is 10.9. The molecule has 2 aliphatic rings. The molecule has 0 aromatic heterocycles. The molecule has 12 heteroatoms. The number of carboxylic acid groups (broad SMARTS) is 4. The predicted octanol–water partition coefficient (Wildman–Crippen LogP) is -0.196. The Hall–Kier alpha value is -2.28. The van der Waals surface area contributed by atoms with Gasteiger partial charge in [0.2, 0.25) is 0 Å². The minimum Gasteiger partial charge on any atom is -0.480 e. The van der Waals surface area contributed by atoms with Gasteiger partial charge in [0.25, 0.3) is 0 Å². The lowest BCUT2D eigenvalue weighted by molar-refractivity contribution is -0.156. The van der Waals surface area contributed by atoms with E-state index < -0.39 is 48.0 Å². The third-order valence-corrected chi connectivity index (χ3v) is 6.01. The normalized spacial score (nSPS) is 27.1. The van der Waals surface area contributed by atoms with E-state index in [-0.39, 0.29) is 39.5 Å². The molecule has 2 aliphatic heterocycles. The van der Waals surface area contributed by atoms with Crippen LogP contribution in [0.2, 0.25) is 0 Å². The summed E-state index contributed by atoms with van der Waals surface area (Å²) in [7, 11) is 0. The molecule has 0 amide bonds. The van der Waals surface area contributed by atoms with Gasteiger partial charge in [-0.2, -0.15) is 0 Å². The van der Waals surface area contributed by atoms with E-state index in [1.165, 1.54) is 9.80 Å². The zero-order valence-corrected chi connectivity index (χ0v) is 17.9. The largest absolute Gasteiger partial charge is 0.480 e. The molecule has 2 heterocycles. The van der Waals surface area contributed by atoms with Crippen LogP contribution < -0.4 is 0 Å². The molecule has 4 N–H and O–H groups in total. The molecule has 0 aliphatic carbocycles. The lowest BCUT2D eigenvalue weighted by Gasteiger charge is -2.37. The molecule has 0 saturated carbocycles. The van der Waals surface area contributed by atoms with Crippen LogP contribution in [0.4, 0.5) is 0 Å².